The molecule has 0 spiro atoms. The third-order valence-corrected chi connectivity index (χ3v) is 23.7. The summed E-state index contributed by atoms with van der Waals surface area (Å²) >= 11 is 0. The van der Waals surface area contributed by atoms with E-state index in [4.69, 9.17) is 0 Å². The summed E-state index contributed by atoms with van der Waals surface area (Å²) in [5, 5.41) is 0. The molecule has 16 rings (SSSR count). The second-order valence-corrected chi connectivity index (χ2v) is 32.4. The van der Waals surface area contributed by atoms with E-state index in [9.17, 15) is 0 Å². The van der Waals surface area contributed by atoms with Gasteiger partial charge in [-0.1, -0.05) is 287 Å². The number of hydrogen-bond acceptors (Lipinski definition) is 2. The monoisotopic (exact) mass is 1270 g/mol. The van der Waals surface area contributed by atoms with Crippen molar-refractivity contribution in [2.75, 3.05) is 9.80 Å². The first-order valence-corrected chi connectivity index (χ1v) is 36.0. The van der Waals surface area contributed by atoms with Crippen LogP contribution in [0.1, 0.15) is 201 Å². The lowest BCUT2D eigenvalue weighted by Crippen LogP contribution is -2.18. The molecule has 0 aromatic heterocycles. The Labute approximate surface area is 583 Å². The SMILES string of the molecule is CC(C)c1ccc2c(c1)C(C)(C)c1cc(N(c3cccc(-c4ccc(C(C)(C)c5ccc(-c6cccc(N(c7ccc8c(c7)C(C)(C)c7cc(C(C)C)ccc7-8)c7ccc8c(c7)C(C)(C)c7cc(C(C)C)ccc7-8)c6)cc5)cc4)c3)c3ccc4c(c3)C(C)(C)c3ccccc3-4)ccc1-2. The van der Waals surface area contributed by atoms with Crippen LogP contribution in [0.2, 0.25) is 0 Å². The minimum atomic E-state index is -0.262. The molecule has 0 unspecified atom stereocenters. The van der Waals surface area contributed by atoms with Crippen LogP contribution in [-0.2, 0) is 27.1 Å². The molecule has 2 heteroatoms. The van der Waals surface area contributed by atoms with Crippen LogP contribution in [0, 0.1) is 0 Å². The molecule has 2 nitrogen and oxygen atoms in total. The second kappa shape index (κ2) is 22.7. The van der Waals surface area contributed by atoms with E-state index in [0.29, 0.717) is 17.8 Å². The van der Waals surface area contributed by atoms with E-state index in [0.717, 1.165) is 34.1 Å². The van der Waals surface area contributed by atoms with Crippen molar-refractivity contribution in [2.45, 2.75) is 156 Å². The lowest BCUT2D eigenvalue weighted by molar-refractivity contribution is 0.641. The molecule has 0 saturated carbocycles. The average Bonchev–Trinajstić information content (AvgIpc) is 1.58. The van der Waals surface area contributed by atoms with Crippen molar-refractivity contribution >= 4 is 34.1 Å². The number of anilines is 6. The number of rotatable bonds is 13. The third-order valence-electron chi connectivity index (χ3n) is 23.7. The number of hydrogen-bond donors (Lipinski definition) is 0. The summed E-state index contributed by atoms with van der Waals surface area (Å²) in [6.45, 7) is 37.8. The predicted octanol–water partition coefficient (Wildman–Crippen LogP) is 26.9. The summed E-state index contributed by atoms with van der Waals surface area (Å²) in [5.41, 5.74) is 39.3. The molecule has 12 aromatic rings. The molecule has 0 radical (unpaired) electrons. The summed E-state index contributed by atoms with van der Waals surface area (Å²) in [6.07, 6.45) is 0. The zero-order chi connectivity index (χ0) is 68.3. The first kappa shape index (κ1) is 63.0. The largest absolute Gasteiger partial charge is 0.310 e. The highest BCUT2D eigenvalue weighted by Gasteiger charge is 2.41. The van der Waals surface area contributed by atoms with Gasteiger partial charge in [0.05, 0.1) is 0 Å². The number of nitrogens with zero attached hydrogens (tertiary/aromatic N) is 2. The molecule has 0 atom stereocenters. The van der Waals surface area contributed by atoms with Gasteiger partial charge in [0.15, 0.2) is 0 Å². The van der Waals surface area contributed by atoms with Crippen molar-refractivity contribution < 1.29 is 0 Å². The average molecular weight is 1270 g/mol. The molecule has 0 bridgehead atoms. The molecule has 486 valence electrons. The normalized spacial score (nSPS) is 15.1. The fourth-order valence-electron chi connectivity index (χ4n) is 17.4. The fraction of sp³-hybridized carbons (Fsp3) is 0.250. The molecule has 0 saturated heterocycles. The highest BCUT2D eigenvalue weighted by Crippen LogP contribution is 2.57. The molecule has 0 heterocycles. The summed E-state index contributed by atoms with van der Waals surface area (Å²) in [4.78, 5) is 5.01. The summed E-state index contributed by atoms with van der Waals surface area (Å²) < 4.78 is 0. The van der Waals surface area contributed by atoms with Gasteiger partial charge in [0.1, 0.15) is 0 Å². The Balaban J connectivity index is 0.714. The molecule has 4 aliphatic rings. The van der Waals surface area contributed by atoms with Crippen molar-refractivity contribution in [3.8, 4) is 66.8 Å². The van der Waals surface area contributed by atoms with E-state index in [1.807, 2.05) is 0 Å². The summed E-state index contributed by atoms with van der Waals surface area (Å²) in [5.74, 6) is 1.39. The quantitative estimate of drug-likeness (QED) is 0.114. The molecule has 12 aromatic carbocycles. The van der Waals surface area contributed by atoms with Crippen LogP contribution in [0.25, 0.3) is 66.8 Å². The molecule has 0 aliphatic heterocycles. The second-order valence-electron chi connectivity index (χ2n) is 32.4. The van der Waals surface area contributed by atoms with Gasteiger partial charge in [-0.05, 0) is 230 Å². The van der Waals surface area contributed by atoms with Gasteiger partial charge in [-0.3, -0.25) is 0 Å². The maximum Gasteiger partial charge on any atom is 0.0467 e. The Morgan fingerprint density at radius 3 is 0.816 bits per heavy atom. The van der Waals surface area contributed by atoms with Crippen LogP contribution in [-0.4, -0.2) is 0 Å². The highest BCUT2D eigenvalue weighted by atomic mass is 15.1. The van der Waals surface area contributed by atoms with Gasteiger partial charge in [-0.25, -0.2) is 0 Å². The van der Waals surface area contributed by atoms with Crippen LogP contribution in [0.4, 0.5) is 34.1 Å². The van der Waals surface area contributed by atoms with Gasteiger partial charge < -0.3 is 9.80 Å². The van der Waals surface area contributed by atoms with Crippen molar-refractivity contribution in [3.63, 3.8) is 0 Å². The van der Waals surface area contributed by atoms with Gasteiger partial charge in [-0.15, -0.1) is 0 Å². The van der Waals surface area contributed by atoms with E-state index in [1.165, 1.54) is 139 Å². The Morgan fingerprint density at radius 1 is 0.235 bits per heavy atom. The Morgan fingerprint density at radius 2 is 0.500 bits per heavy atom. The van der Waals surface area contributed by atoms with Gasteiger partial charge in [0, 0.05) is 61.2 Å². The zero-order valence-corrected chi connectivity index (χ0v) is 60.3. The molecular weight excluding hydrogens is 1180 g/mol. The summed E-state index contributed by atoms with van der Waals surface area (Å²) in [7, 11) is 0. The molecule has 4 aliphatic carbocycles. The van der Waals surface area contributed by atoms with Gasteiger partial charge in [0.25, 0.3) is 0 Å². The van der Waals surface area contributed by atoms with Crippen LogP contribution >= 0.6 is 0 Å². The maximum absolute atomic E-state index is 2.51. The standard InChI is InChI=1S/C96H92N2/c1-58(2)63-31-42-77-81-46-39-73(55-89(81)94(11,12)85(77)51-63)97(72-38-45-80-76-25-17-18-26-84(76)93(9,10)88(80)54-72)70-23-19-21-66(49-70)61-27-34-68(35-28-61)92(7,8)69-36-29-62(30-37-69)67-22-20-24-71(50-67)98(74-40-47-82-78-43-32-64(59(3)4)52-86(78)95(13,14)90(82)56-74)75-41-48-83-79-44-33-65(60(5)6)53-87(79)96(15,16)91(83)57-75/h17-60H,1-16H3. The zero-order valence-electron chi connectivity index (χ0n) is 60.3. The van der Waals surface area contributed by atoms with Crippen LogP contribution < -0.4 is 9.80 Å². The summed E-state index contributed by atoms with van der Waals surface area (Å²) in [6, 6.07) is 96.4. The topological polar surface area (TPSA) is 6.48 Å². The Kier molecular flexibility index (Phi) is 14.6. The Hall–Kier alpha value is -9.76. The minimum absolute atomic E-state index is 0.138. The lowest BCUT2D eigenvalue weighted by Gasteiger charge is -2.30. The van der Waals surface area contributed by atoms with Crippen molar-refractivity contribution in [3.05, 3.63) is 321 Å². The van der Waals surface area contributed by atoms with Crippen LogP contribution in [0.15, 0.2) is 249 Å². The molecular formula is C96H92N2. The van der Waals surface area contributed by atoms with Crippen LogP contribution in [0.3, 0.4) is 0 Å². The van der Waals surface area contributed by atoms with Crippen LogP contribution in [0.5, 0.6) is 0 Å². The fourth-order valence-corrected chi connectivity index (χ4v) is 17.4. The smallest absolute Gasteiger partial charge is 0.0467 e. The van der Waals surface area contributed by atoms with E-state index in [-0.39, 0.29) is 27.1 Å². The van der Waals surface area contributed by atoms with Gasteiger partial charge in [-0.2, -0.15) is 0 Å². The highest BCUT2D eigenvalue weighted by molar-refractivity contribution is 5.92. The van der Waals surface area contributed by atoms with E-state index in [1.54, 1.807) is 0 Å². The van der Waals surface area contributed by atoms with E-state index >= 15 is 0 Å². The van der Waals surface area contributed by atoms with Crippen molar-refractivity contribution in [1.82, 2.24) is 0 Å². The molecule has 0 amide bonds. The predicted molar refractivity (Wildman–Crippen MR) is 418 cm³/mol. The van der Waals surface area contributed by atoms with E-state index in [2.05, 4.69) is 369 Å². The first-order valence-electron chi connectivity index (χ1n) is 36.0. The van der Waals surface area contributed by atoms with Gasteiger partial charge >= 0.3 is 0 Å². The lowest BCUT2D eigenvalue weighted by atomic mass is 9.77. The number of benzene rings is 12. The van der Waals surface area contributed by atoms with Gasteiger partial charge in [0.2, 0.25) is 0 Å². The molecule has 98 heavy (non-hydrogen) atoms. The molecule has 0 N–H and O–H groups in total. The molecule has 0 fully saturated rings. The maximum atomic E-state index is 2.51. The van der Waals surface area contributed by atoms with Crippen molar-refractivity contribution in [2.24, 2.45) is 0 Å². The van der Waals surface area contributed by atoms with E-state index < -0.39 is 0 Å². The van der Waals surface area contributed by atoms with Crippen molar-refractivity contribution in [1.29, 1.82) is 0 Å². The third kappa shape index (κ3) is 9.85. The number of fused-ring (bicyclic) bond motifs is 12. The first-order chi connectivity index (χ1) is 46.8. The Bertz CT molecular complexity index is 5090. The minimum Gasteiger partial charge on any atom is -0.310 e.